The lowest BCUT2D eigenvalue weighted by Gasteiger charge is -2.22. The van der Waals surface area contributed by atoms with E-state index in [1.165, 1.54) is 25.2 Å². The highest BCUT2D eigenvalue weighted by molar-refractivity contribution is 7.92. The monoisotopic (exact) mass is 445 g/mol. The zero-order valence-corrected chi connectivity index (χ0v) is 17.8. The van der Waals surface area contributed by atoms with Gasteiger partial charge in [0, 0.05) is 17.8 Å². The number of anilines is 3. The summed E-state index contributed by atoms with van der Waals surface area (Å²) < 4.78 is 49.5. The van der Waals surface area contributed by atoms with Crippen LogP contribution in [0.15, 0.2) is 48.5 Å². The molecule has 0 aromatic heterocycles. The number of halogens is 1. The van der Waals surface area contributed by atoms with Crippen molar-refractivity contribution in [2.45, 2.75) is 0 Å². The smallest absolute Gasteiger partial charge is 0.245 e. The molecule has 0 atom stereocenters. The molecule has 0 saturated carbocycles. The quantitative estimate of drug-likeness (QED) is 0.703. The van der Waals surface area contributed by atoms with Crippen LogP contribution in [0.5, 0.6) is 0 Å². The van der Waals surface area contributed by atoms with Crippen LogP contribution in [0, 0.1) is 0 Å². The molecule has 1 amide bonds. The van der Waals surface area contributed by atoms with Crippen LogP contribution in [-0.2, 0) is 24.8 Å². The molecule has 0 heterocycles. The van der Waals surface area contributed by atoms with Gasteiger partial charge in [-0.15, -0.1) is 0 Å². The van der Waals surface area contributed by atoms with E-state index in [2.05, 4.69) is 5.32 Å². The van der Waals surface area contributed by atoms with Crippen LogP contribution >= 0.6 is 11.6 Å². The van der Waals surface area contributed by atoms with Crippen LogP contribution in [0.25, 0.3) is 0 Å². The van der Waals surface area contributed by atoms with Crippen molar-refractivity contribution in [3.8, 4) is 0 Å². The third-order valence-electron chi connectivity index (χ3n) is 3.77. The number of rotatable bonds is 7. The van der Waals surface area contributed by atoms with E-state index in [9.17, 15) is 21.6 Å². The summed E-state index contributed by atoms with van der Waals surface area (Å²) in [5.41, 5.74) is 0.948. The van der Waals surface area contributed by atoms with Gasteiger partial charge >= 0.3 is 0 Å². The molecular formula is C17H20ClN3O5S2. The maximum Gasteiger partial charge on any atom is 0.245 e. The van der Waals surface area contributed by atoms with Gasteiger partial charge in [0.1, 0.15) is 6.54 Å². The number of carbonyl (C=O) groups excluding carboxylic acids is 1. The number of nitrogens with zero attached hydrogens (tertiary/aromatic N) is 2. The first-order valence-electron chi connectivity index (χ1n) is 7.95. The number of benzene rings is 2. The Morgan fingerprint density at radius 2 is 1.57 bits per heavy atom. The van der Waals surface area contributed by atoms with E-state index in [4.69, 9.17) is 11.6 Å². The van der Waals surface area contributed by atoms with Gasteiger partial charge in [0.15, 0.2) is 0 Å². The number of nitrogens with one attached hydrogen (secondary N) is 1. The maximum absolute atomic E-state index is 12.4. The second-order valence-electron chi connectivity index (χ2n) is 6.08. The fourth-order valence-corrected chi connectivity index (χ4v) is 3.86. The Morgan fingerprint density at radius 1 is 0.964 bits per heavy atom. The third kappa shape index (κ3) is 5.85. The molecule has 0 unspecified atom stereocenters. The minimum atomic E-state index is -3.74. The lowest BCUT2D eigenvalue weighted by atomic mass is 10.2. The van der Waals surface area contributed by atoms with Gasteiger partial charge in [-0.2, -0.15) is 0 Å². The Kier molecular flexibility index (Phi) is 6.58. The highest BCUT2D eigenvalue weighted by Gasteiger charge is 2.21. The lowest BCUT2D eigenvalue weighted by molar-refractivity contribution is -0.114. The fraction of sp³-hybridized carbons (Fsp3) is 0.235. The molecule has 0 aliphatic rings. The highest BCUT2D eigenvalue weighted by Crippen LogP contribution is 2.23. The molecule has 0 bridgehead atoms. The van der Waals surface area contributed by atoms with Crippen molar-refractivity contribution in [3.05, 3.63) is 53.6 Å². The zero-order chi connectivity index (χ0) is 21.1. The van der Waals surface area contributed by atoms with Crippen LogP contribution in [0.1, 0.15) is 0 Å². The van der Waals surface area contributed by atoms with Crippen molar-refractivity contribution in [2.75, 3.05) is 40.0 Å². The van der Waals surface area contributed by atoms with Crippen molar-refractivity contribution in [1.82, 2.24) is 0 Å². The zero-order valence-electron chi connectivity index (χ0n) is 15.5. The van der Waals surface area contributed by atoms with Gasteiger partial charge in [0.05, 0.1) is 23.9 Å². The number of amides is 1. The molecule has 2 rings (SSSR count). The van der Waals surface area contributed by atoms with E-state index in [1.54, 1.807) is 30.3 Å². The molecule has 28 heavy (non-hydrogen) atoms. The molecule has 0 aliphatic heterocycles. The SMILES string of the molecule is CN(c1cccc(NC(=O)CN(c2cccc(Cl)c2)S(C)(=O)=O)c1)S(C)(=O)=O. The summed E-state index contributed by atoms with van der Waals surface area (Å²) in [6.07, 6.45) is 2.05. The fourth-order valence-electron chi connectivity index (χ4n) is 2.33. The van der Waals surface area contributed by atoms with Crippen LogP contribution in [0.4, 0.5) is 17.1 Å². The molecule has 2 aromatic carbocycles. The molecule has 0 aliphatic carbocycles. The molecule has 0 fully saturated rings. The Morgan fingerprint density at radius 3 is 2.14 bits per heavy atom. The van der Waals surface area contributed by atoms with Crippen LogP contribution in [0.3, 0.4) is 0 Å². The topological polar surface area (TPSA) is 104 Å². The molecule has 11 heteroatoms. The minimum Gasteiger partial charge on any atom is -0.324 e. The molecule has 152 valence electrons. The van der Waals surface area contributed by atoms with Gasteiger partial charge in [0.2, 0.25) is 26.0 Å². The first-order chi connectivity index (χ1) is 12.9. The van der Waals surface area contributed by atoms with Crippen molar-refractivity contribution in [2.24, 2.45) is 0 Å². The number of sulfonamides is 2. The molecule has 1 N–H and O–H groups in total. The van der Waals surface area contributed by atoms with Gasteiger partial charge < -0.3 is 5.32 Å². The van der Waals surface area contributed by atoms with E-state index in [-0.39, 0.29) is 5.69 Å². The van der Waals surface area contributed by atoms with Crippen LogP contribution in [0.2, 0.25) is 5.02 Å². The van der Waals surface area contributed by atoms with Crippen molar-refractivity contribution in [1.29, 1.82) is 0 Å². The van der Waals surface area contributed by atoms with Crippen LogP contribution < -0.4 is 13.9 Å². The summed E-state index contributed by atoms with van der Waals surface area (Å²) in [6.45, 7) is -0.467. The summed E-state index contributed by atoms with van der Waals surface area (Å²) in [5.74, 6) is -0.593. The Balaban J connectivity index is 2.22. The molecular weight excluding hydrogens is 426 g/mol. The average molecular weight is 446 g/mol. The normalized spacial score (nSPS) is 11.7. The Labute approximate surface area is 169 Å². The van der Waals surface area contributed by atoms with Gasteiger partial charge in [-0.3, -0.25) is 13.4 Å². The second-order valence-corrected chi connectivity index (χ2v) is 10.4. The first-order valence-corrected chi connectivity index (χ1v) is 12.0. The lowest BCUT2D eigenvalue weighted by Crippen LogP contribution is -2.37. The van der Waals surface area contributed by atoms with E-state index in [1.807, 2.05) is 0 Å². The Bertz CT molecular complexity index is 1090. The second kappa shape index (κ2) is 8.38. The first kappa shape index (κ1) is 22.0. The predicted molar refractivity (Wildman–Crippen MR) is 112 cm³/mol. The van der Waals surface area contributed by atoms with Gasteiger partial charge in [-0.05, 0) is 36.4 Å². The van der Waals surface area contributed by atoms with Crippen molar-refractivity contribution < 1.29 is 21.6 Å². The van der Waals surface area contributed by atoms with Gasteiger partial charge in [-0.1, -0.05) is 23.7 Å². The molecule has 2 aromatic rings. The third-order valence-corrected chi connectivity index (χ3v) is 6.36. The standard InChI is InChI=1S/C17H20ClN3O5S2/c1-20(27(2,23)24)15-8-5-7-14(11-15)19-17(22)12-21(28(3,25)26)16-9-4-6-13(18)10-16/h4-11H,12H2,1-3H3,(H,19,22). The molecule has 8 nitrogen and oxygen atoms in total. The van der Waals surface area contributed by atoms with Gasteiger partial charge in [-0.25, -0.2) is 16.8 Å². The van der Waals surface area contributed by atoms with Crippen molar-refractivity contribution in [3.63, 3.8) is 0 Å². The average Bonchev–Trinajstić information content (AvgIpc) is 2.57. The van der Waals surface area contributed by atoms with E-state index < -0.39 is 32.5 Å². The predicted octanol–water partition coefficient (Wildman–Crippen LogP) is 2.14. The Hall–Kier alpha value is -2.30. The number of carbonyl (C=O) groups is 1. The summed E-state index contributed by atoms with van der Waals surface area (Å²) in [5, 5.41) is 2.91. The summed E-state index contributed by atoms with van der Waals surface area (Å²) >= 11 is 5.91. The largest absolute Gasteiger partial charge is 0.324 e. The minimum absolute atomic E-state index is 0.260. The van der Waals surface area contributed by atoms with Crippen LogP contribution in [-0.4, -0.2) is 48.8 Å². The summed E-state index contributed by atoms with van der Waals surface area (Å²) in [6, 6.07) is 12.3. The number of hydrogen-bond acceptors (Lipinski definition) is 5. The van der Waals surface area contributed by atoms with E-state index >= 15 is 0 Å². The summed E-state index contributed by atoms with van der Waals surface area (Å²) in [4.78, 5) is 12.4. The molecule has 0 radical (unpaired) electrons. The molecule has 0 spiro atoms. The maximum atomic E-state index is 12.4. The van der Waals surface area contributed by atoms with Gasteiger partial charge in [0.25, 0.3) is 0 Å². The summed E-state index contributed by atoms with van der Waals surface area (Å²) in [7, 11) is -5.81. The number of hydrogen-bond donors (Lipinski definition) is 1. The van der Waals surface area contributed by atoms with Crippen molar-refractivity contribution >= 4 is 54.6 Å². The van der Waals surface area contributed by atoms with E-state index in [0.717, 1.165) is 21.1 Å². The highest BCUT2D eigenvalue weighted by atomic mass is 35.5. The van der Waals surface area contributed by atoms with E-state index in [0.29, 0.717) is 16.4 Å². The molecule has 0 saturated heterocycles.